The van der Waals surface area contributed by atoms with Crippen molar-refractivity contribution >= 4 is 0 Å². The van der Waals surface area contributed by atoms with E-state index in [4.69, 9.17) is 0 Å². The lowest BCUT2D eigenvalue weighted by Crippen LogP contribution is -3.00. The van der Waals surface area contributed by atoms with Crippen LogP contribution < -0.4 is 17.0 Å². The van der Waals surface area contributed by atoms with Gasteiger partial charge in [-0.25, -0.2) is 0 Å². The van der Waals surface area contributed by atoms with E-state index in [1.807, 2.05) is 0 Å². The zero-order valence-electron chi connectivity index (χ0n) is 9.74. The van der Waals surface area contributed by atoms with E-state index in [0.717, 1.165) is 5.92 Å². The highest BCUT2D eigenvalue weighted by atomic mass is 79.9. The van der Waals surface area contributed by atoms with E-state index in [0.29, 0.717) is 0 Å². The highest BCUT2D eigenvalue weighted by Gasteiger charge is 2.39. The predicted octanol–water partition coefficient (Wildman–Crippen LogP) is -0.179. The lowest BCUT2D eigenvalue weighted by molar-refractivity contribution is -0.955. The van der Waals surface area contributed by atoms with Crippen LogP contribution in [0.4, 0.5) is 0 Å². The molecule has 2 bridgehead atoms. The summed E-state index contributed by atoms with van der Waals surface area (Å²) < 4.78 is 1.38. The molecule has 1 aromatic rings. The highest BCUT2D eigenvalue weighted by molar-refractivity contribution is 5.13. The molecule has 1 nitrogen and oxygen atoms in total. The standard InChI is InChI=1S/C14H20N.BrH/c1-2-4-14(5-3-1)12-15-9-6-13(7-10-15)8-11-15;/h1-5,13H,6-12H2;1H/q+1;/p-1. The molecule has 0 saturated carbocycles. The molecule has 0 atom stereocenters. The molecule has 16 heavy (non-hydrogen) atoms. The lowest BCUT2D eigenvalue weighted by atomic mass is 9.85. The summed E-state index contributed by atoms with van der Waals surface area (Å²) in [5, 5.41) is 0. The van der Waals surface area contributed by atoms with Crippen LogP contribution in [0.2, 0.25) is 0 Å². The highest BCUT2D eigenvalue weighted by Crippen LogP contribution is 2.34. The van der Waals surface area contributed by atoms with Crippen molar-refractivity contribution < 1.29 is 21.5 Å². The molecule has 2 heteroatoms. The van der Waals surface area contributed by atoms with Crippen LogP contribution in [-0.2, 0) is 6.54 Å². The Kier molecular flexibility index (Phi) is 3.70. The molecule has 0 aliphatic carbocycles. The molecule has 3 saturated heterocycles. The van der Waals surface area contributed by atoms with Crippen molar-refractivity contribution in [3.8, 4) is 0 Å². The monoisotopic (exact) mass is 281 g/mol. The smallest absolute Gasteiger partial charge is 0.104 e. The Hall–Kier alpha value is -0.340. The van der Waals surface area contributed by atoms with Gasteiger partial charge in [-0.1, -0.05) is 30.3 Å². The third-order valence-electron chi connectivity index (χ3n) is 4.40. The maximum atomic E-state index is 2.29. The second-order valence-corrected chi connectivity index (χ2v) is 5.39. The minimum atomic E-state index is 0. The fraction of sp³-hybridized carbons (Fsp3) is 0.571. The molecule has 3 aliphatic heterocycles. The van der Waals surface area contributed by atoms with Crippen LogP contribution in [0.25, 0.3) is 0 Å². The minimum absolute atomic E-state index is 0. The zero-order valence-corrected chi connectivity index (χ0v) is 11.3. The molecule has 0 radical (unpaired) electrons. The molecule has 3 heterocycles. The Morgan fingerprint density at radius 3 is 2.06 bits per heavy atom. The van der Waals surface area contributed by atoms with E-state index in [2.05, 4.69) is 30.3 Å². The van der Waals surface area contributed by atoms with Gasteiger partial charge in [0.25, 0.3) is 0 Å². The Morgan fingerprint density at radius 2 is 1.50 bits per heavy atom. The van der Waals surface area contributed by atoms with E-state index in [1.54, 1.807) is 0 Å². The summed E-state index contributed by atoms with van der Waals surface area (Å²) in [5.41, 5.74) is 1.53. The number of hydrogen-bond donors (Lipinski definition) is 0. The zero-order chi connectivity index (χ0) is 10.1. The number of fused-ring (bicyclic) bond motifs is 3. The number of quaternary nitrogens is 1. The topological polar surface area (TPSA) is 0 Å². The van der Waals surface area contributed by atoms with Gasteiger partial charge in [-0.3, -0.25) is 0 Å². The van der Waals surface area contributed by atoms with Crippen molar-refractivity contribution in [2.24, 2.45) is 5.92 Å². The van der Waals surface area contributed by atoms with E-state index in [-0.39, 0.29) is 17.0 Å². The largest absolute Gasteiger partial charge is 1.00 e. The van der Waals surface area contributed by atoms with Gasteiger partial charge in [0.05, 0.1) is 19.6 Å². The summed E-state index contributed by atoms with van der Waals surface area (Å²) in [6.07, 6.45) is 4.44. The third kappa shape index (κ3) is 2.33. The van der Waals surface area contributed by atoms with Gasteiger partial charge in [0.1, 0.15) is 6.54 Å². The van der Waals surface area contributed by atoms with Gasteiger partial charge in [0, 0.05) is 5.56 Å². The first-order valence-corrected chi connectivity index (χ1v) is 6.25. The number of nitrogens with zero attached hydrogens (tertiary/aromatic N) is 1. The summed E-state index contributed by atoms with van der Waals surface area (Å²) in [7, 11) is 0. The molecule has 0 spiro atoms. The van der Waals surface area contributed by atoms with Crippen LogP contribution in [0, 0.1) is 5.92 Å². The number of rotatable bonds is 2. The second kappa shape index (κ2) is 4.89. The molecule has 1 aromatic carbocycles. The lowest BCUT2D eigenvalue weighted by Gasteiger charge is -2.49. The van der Waals surface area contributed by atoms with Crippen LogP contribution in [0.15, 0.2) is 30.3 Å². The summed E-state index contributed by atoms with van der Waals surface area (Å²) >= 11 is 0. The fourth-order valence-corrected chi connectivity index (χ4v) is 3.35. The third-order valence-corrected chi connectivity index (χ3v) is 4.40. The Labute approximate surface area is 109 Å². The summed E-state index contributed by atoms with van der Waals surface area (Å²) in [5.74, 6) is 1.07. The second-order valence-electron chi connectivity index (χ2n) is 5.39. The number of hydrogen-bond acceptors (Lipinski definition) is 0. The van der Waals surface area contributed by atoms with Crippen molar-refractivity contribution in [3.05, 3.63) is 35.9 Å². The molecular formula is C14H20BrN. The van der Waals surface area contributed by atoms with Crippen LogP contribution in [0.5, 0.6) is 0 Å². The number of piperidine rings is 3. The number of halogens is 1. The Balaban J connectivity index is 0.000000963. The maximum Gasteiger partial charge on any atom is 0.104 e. The van der Waals surface area contributed by atoms with E-state index in [9.17, 15) is 0 Å². The molecule has 0 aromatic heterocycles. The first-order valence-electron chi connectivity index (χ1n) is 6.25. The van der Waals surface area contributed by atoms with Crippen molar-refractivity contribution in [1.82, 2.24) is 0 Å². The van der Waals surface area contributed by atoms with Gasteiger partial charge in [-0.05, 0) is 25.2 Å². The van der Waals surface area contributed by atoms with E-state index < -0.39 is 0 Å². The summed E-state index contributed by atoms with van der Waals surface area (Å²) in [6.45, 7) is 5.56. The van der Waals surface area contributed by atoms with Gasteiger partial charge in [0.15, 0.2) is 0 Å². The molecular weight excluding hydrogens is 262 g/mol. The molecule has 3 fully saturated rings. The number of benzene rings is 1. The molecule has 3 aliphatic rings. The SMILES string of the molecule is [Br-].c1ccc(C[N+]23CCC(CC2)CC3)cc1. The maximum absolute atomic E-state index is 2.29. The van der Waals surface area contributed by atoms with E-state index in [1.165, 1.54) is 55.5 Å². The Morgan fingerprint density at radius 1 is 0.938 bits per heavy atom. The quantitative estimate of drug-likeness (QED) is 0.660. The molecule has 4 rings (SSSR count). The van der Waals surface area contributed by atoms with Gasteiger partial charge in [0.2, 0.25) is 0 Å². The molecule has 0 N–H and O–H groups in total. The Bertz CT molecular complexity index is 314. The van der Waals surface area contributed by atoms with Gasteiger partial charge >= 0.3 is 0 Å². The van der Waals surface area contributed by atoms with E-state index >= 15 is 0 Å². The minimum Gasteiger partial charge on any atom is -1.00 e. The van der Waals surface area contributed by atoms with Crippen molar-refractivity contribution in [2.75, 3.05) is 19.6 Å². The fourth-order valence-electron chi connectivity index (χ4n) is 3.35. The summed E-state index contributed by atoms with van der Waals surface area (Å²) in [4.78, 5) is 0. The van der Waals surface area contributed by atoms with Crippen LogP contribution in [0.3, 0.4) is 0 Å². The molecule has 0 amide bonds. The average Bonchev–Trinajstić information content (AvgIpc) is 2.32. The van der Waals surface area contributed by atoms with Crippen molar-refractivity contribution in [1.29, 1.82) is 0 Å². The first-order chi connectivity index (χ1) is 7.36. The van der Waals surface area contributed by atoms with Gasteiger partial charge in [-0.15, -0.1) is 0 Å². The van der Waals surface area contributed by atoms with Crippen LogP contribution in [-0.4, -0.2) is 24.1 Å². The normalized spacial score (nSPS) is 32.1. The molecule has 0 unspecified atom stereocenters. The van der Waals surface area contributed by atoms with Gasteiger partial charge < -0.3 is 21.5 Å². The van der Waals surface area contributed by atoms with Gasteiger partial charge in [-0.2, -0.15) is 0 Å². The first kappa shape index (κ1) is 12.1. The molecule has 88 valence electrons. The summed E-state index contributed by atoms with van der Waals surface area (Å²) in [6, 6.07) is 11.0. The van der Waals surface area contributed by atoms with Crippen LogP contribution >= 0.6 is 0 Å². The van der Waals surface area contributed by atoms with Crippen molar-refractivity contribution in [3.63, 3.8) is 0 Å². The van der Waals surface area contributed by atoms with Crippen LogP contribution in [0.1, 0.15) is 24.8 Å². The average molecular weight is 282 g/mol. The van der Waals surface area contributed by atoms with Crippen molar-refractivity contribution in [2.45, 2.75) is 25.8 Å². The predicted molar refractivity (Wildman–Crippen MR) is 62.3 cm³/mol.